The molecule has 140 valence electrons. The maximum absolute atomic E-state index is 13.1. The van der Waals surface area contributed by atoms with Crippen molar-refractivity contribution in [3.05, 3.63) is 51.4 Å². The van der Waals surface area contributed by atoms with Crippen LogP contribution in [0.1, 0.15) is 44.0 Å². The summed E-state index contributed by atoms with van der Waals surface area (Å²) < 4.78 is 1.85. The van der Waals surface area contributed by atoms with E-state index in [4.69, 9.17) is 4.98 Å². The van der Waals surface area contributed by atoms with Crippen molar-refractivity contribution < 1.29 is 0 Å². The fourth-order valence-corrected chi connectivity index (χ4v) is 3.51. The normalized spacial score (nSPS) is 14.8. The predicted octanol–water partition coefficient (Wildman–Crippen LogP) is 3.84. The lowest BCUT2D eigenvalue weighted by Gasteiger charge is -2.38. The zero-order chi connectivity index (χ0) is 18.8. The summed E-state index contributed by atoms with van der Waals surface area (Å²) in [5.41, 5.74) is 4.06. The highest BCUT2D eigenvalue weighted by Crippen LogP contribution is 2.28. The Kier molecular flexibility index (Phi) is 5.47. The van der Waals surface area contributed by atoms with E-state index in [1.165, 1.54) is 5.56 Å². The number of benzene rings is 1. The molecule has 0 N–H and O–H groups in total. The third-order valence-electron chi connectivity index (χ3n) is 5.06. The molecule has 0 unspecified atom stereocenters. The Bertz CT molecular complexity index is 840. The lowest BCUT2D eigenvalue weighted by Crippen LogP contribution is -2.48. The van der Waals surface area contributed by atoms with Gasteiger partial charge in [0.05, 0.1) is 13.3 Å². The maximum atomic E-state index is 13.1. The minimum atomic E-state index is 0.0990. The van der Waals surface area contributed by atoms with E-state index in [-0.39, 0.29) is 5.56 Å². The summed E-state index contributed by atoms with van der Waals surface area (Å²) >= 11 is 0. The molecule has 0 saturated carbocycles. The third-order valence-corrected chi connectivity index (χ3v) is 5.06. The van der Waals surface area contributed by atoms with Crippen molar-refractivity contribution >= 4 is 11.6 Å². The molecule has 1 aliphatic heterocycles. The molecule has 2 aromatic rings. The van der Waals surface area contributed by atoms with Crippen LogP contribution in [0.5, 0.6) is 0 Å². The topological polar surface area (TPSA) is 41.4 Å². The van der Waals surface area contributed by atoms with Gasteiger partial charge in [-0.2, -0.15) is 0 Å². The first-order valence-electron chi connectivity index (χ1n) is 9.57. The molecule has 2 heterocycles. The van der Waals surface area contributed by atoms with E-state index in [9.17, 15) is 4.79 Å². The molecule has 26 heavy (non-hydrogen) atoms. The molecule has 0 aliphatic carbocycles. The van der Waals surface area contributed by atoms with E-state index in [0.717, 1.165) is 42.5 Å². The smallest absolute Gasteiger partial charge is 0.259 e. The second-order valence-electron chi connectivity index (χ2n) is 7.69. The van der Waals surface area contributed by atoms with Crippen molar-refractivity contribution in [3.63, 3.8) is 0 Å². The highest BCUT2D eigenvalue weighted by atomic mass is 16.1. The van der Waals surface area contributed by atoms with Crippen molar-refractivity contribution in [2.45, 2.75) is 54.1 Å². The van der Waals surface area contributed by atoms with E-state index in [1.807, 2.05) is 18.4 Å². The first kappa shape index (κ1) is 18.6. The fourth-order valence-electron chi connectivity index (χ4n) is 3.51. The van der Waals surface area contributed by atoms with E-state index < -0.39 is 0 Å². The Morgan fingerprint density at radius 1 is 1.19 bits per heavy atom. The van der Waals surface area contributed by atoms with Crippen LogP contribution in [0.2, 0.25) is 0 Å². The van der Waals surface area contributed by atoms with Gasteiger partial charge in [-0.15, -0.1) is 0 Å². The van der Waals surface area contributed by atoms with E-state index in [2.05, 4.69) is 54.8 Å². The molecule has 0 radical (unpaired) electrons. The van der Waals surface area contributed by atoms with Crippen LogP contribution in [0.3, 0.4) is 0 Å². The summed E-state index contributed by atoms with van der Waals surface area (Å²) in [5, 5.41) is 0. The van der Waals surface area contributed by atoms with Crippen LogP contribution in [0, 0.1) is 19.8 Å². The first-order chi connectivity index (χ1) is 12.4. The summed E-state index contributed by atoms with van der Waals surface area (Å²) in [6.07, 6.45) is 1.83. The zero-order valence-electron chi connectivity index (χ0n) is 16.6. The van der Waals surface area contributed by atoms with Gasteiger partial charge in [-0.3, -0.25) is 19.2 Å². The molecular formula is C21H30N4O. The summed E-state index contributed by atoms with van der Waals surface area (Å²) in [4.78, 5) is 22.4. The number of hydrogen-bond donors (Lipinski definition) is 0. The second kappa shape index (κ2) is 7.62. The van der Waals surface area contributed by atoms with Crippen LogP contribution in [0.15, 0.2) is 29.1 Å². The van der Waals surface area contributed by atoms with Crippen molar-refractivity contribution in [2.24, 2.45) is 5.92 Å². The summed E-state index contributed by atoms with van der Waals surface area (Å²) in [6, 6.07) is 8.41. The lowest BCUT2D eigenvalue weighted by atomic mass is 10.1. The van der Waals surface area contributed by atoms with Gasteiger partial charge in [-0.25, -0.2) is 4.98 Å². The van der Waals surface area contributed by atoms with Crippen molar-refractivity contribution in [3.8, 4) is 0 Å². The van der Waals surface area contributed by atoms with E-state index in [0.29, 0.717) is 19.0 Å². The molecule has 0 bridgehead atoms. The number of rotatable bonds is 5. The van der Waals surface area contributed by atoms with Crippen LogP contribution in [0.25, 0.3) is 0 Å². The average Bonchev–Trinajstić information content (AvgIpc) is 2.60. The van der Waals surface area contributed by atoms with Gasteiger partial charge in [-0.05, 0) is 50.3 Å². The zero-order valence-corrected chi connectivity index (χ0v) is 16.6. The van der Waals surface area contributed by atoms with Crippen LogP contribution >= 0.6 is 0 Å². The summed E-state index contributed by atoms with van der Waals surface area (Å²) in [5.74, 6) is 1.40. The van der Waals surface area contributed by atoms with Gasteiger partial charge in [0.2, 0.25) is 5.95 Å². The third kappa shape index (κ3) is 3.68. The van der Waals surface area contributed by atoms with Gasteiger partial charge < -0.3 is 0 Å². The molecule has 1 aliphatic rings. The minimum absolute atomic E-state index is 0.0990. The van der Waals surface area contributed by atoms with Crippen LogP contribution in [-0.2, 0) is 13.1 Å². The molecule has 1 aromatic carbocycles. The van der Waals surface area contributed by atoms with Gasteiger partial charge in [0.1, 0.15) is 0 Å². The van der Waals surface area contributed by atoms with E-state index >= 15 is 0 Å². The lowest BCUT2D eigenvalue weighted by molar-refractivity contribution is 0.188. The van der Waals surface area contributed by atoms with Crippen LogP contribution < -0.4 is 10.5 Å². The number of hydrogen-bond acceptors (Lipinski definition) is 4. The highest BCUT2D eigenvalue weighted by molar-refractivity contribution is 5.59. The number of aromatic nitrogens is 2. The predicted molar refractivity (Wildman–Crippen MR) is 107 cm³/mol. The van der Waals surface area contributed by atoms with Crippen molar-refractivity contribution in [2.75, 3.05) is 18.1 Å². The first-order valence-corrected chi connectivity index (χ1v) is 9.57. The summed E-state index contributed by atoms with van der Waals surface area (Å²) in [6.45, 7) is 12.9. The largest absolute Gasteiger partial charge is 0.298 e. The molecular weight excluding hydrogens is 324 g/mol. The molecule has 0 saturated heterocycles. The Morgan fingerprint density at radius 3 is 2.62 bits per heavy atom. The number of fused-ring (bicyclic) bond motifs is 1. The fraction of sp³-hybridized carbons (Fsp3) is 0.524. The van der Waals surface area contributed by atoms with Gasteiger partial charge in [0.25, 0.3) is 5.56 Å². The highest BCUT2D eigenvalue weighted by Gasteiger charge is 2.27. The molecule has 0 spiro atoms. The Morgan fingerprint density at radius 2 is 1.96 bits per heavy atom. The monoisotopic (exact) mass is 354 g/mol. The molecule has 0 amide bonds. The molecule has 1 aromatic heterocycles. The minimum Gasteiger partial charge on any atom is -0.298 e. The van der Waals surface area contributed by atoms with Crippen molar-refractivity contribution in [1.82, 2.24) is 14.5 Å². The Hall–Kier alpha value is -2.14. The number of aryl methyl sites for hydroxylation is 2. The second-order valence-corrected chi connectivity index (χ2v) is 7.69. The standard InChI is InChI=1S/C21H30N4O/c1-6-19-17(5)22-21-24(18-9-7-8-16(4)12-18)13-23(11-10-15(2)3)14-25(21)20(19)26/h7-9,12,15H,6,10-11,13-14H2,1-5H3. The molecule has 5 heteroatoms. The van der Waals surface area contributed by atoms with Gasteiger partial charge in [0.15, 0.2) is 0 Å². The molecule has 5 nitrogen and oxygen atoms in total. The Balaban J connectivity index is 2.08. The molecule has 3 rings (SSSR count). The van der Waals surface area contributed by atoms with E-state index in [1.54, 1.807) is 0 Å². The quantitative estimate of drug-likeness (QED) is 0.818. The molecule has 0 atom stereocenters. The maximum Gasteiger partial charge on any atom is 0.259 e. The van der Waals surface area contributed by atoms with Crippen LogP contribution in [-0.4, -0.2) is 27.7 Å². The van der Waals surface area contributed by atoms with Gasteiger partial charge >= 0.3 is 0 Å². The molecule has 0 fully saturated rings. The van der Waals surface area contributed by atoms with Crippen molar-refractivity contribution in [1.29, 1.82) is 0 Å². The SMILES string of the molecule is CCc1c(C)nc2n(c1=O)CN(CCC(C)C)CN2c1cccc(C)c1. The Labute approximate surface area is 156 Å². The number of anilines is 2. The van der Waals surface area contributed by atoms with Gasteiger partial charge in [0, 0.05) is 23.5 Å². The average molecular weight is 354 g/mol. The number of nitrogens with zero attached hydrogens (tertiary/aromatic N) is 4. The van der Waals surface area contributed by atoms with Gasteiger partial charge in [-0.1, -0.05) is 32.9 Å². The summed E-state index contributed by atoms with van der Waals surface area (Å²) in [7, 11) is 0. The van der Waals surface area contributed by atoms with Crippen LogP contribution in [0.4, 0.5) is 11.6 Å².